The van der Waals surface area contributed by atoms with Crippen molar-refractivity contribution in [3.05, 3.63) is 12.2 Å². The first-order valence-corrected chi connectivity index (χ1v) is 5.42. The second-order valence-electron chi connectivity index (χ2n) is 3.76. The lowest BCUT2D eigenvalue weighted by Gasteiger charge is -2.11. The summed E-state index contributed by atoms with van der Waals surface area (Å²) in [4.78, 5) is 11.1. The van der Waals surface area contributed by atoms with Crippen LogP contribution in [0.2, 0.25) is 0 Å². The number of unbranched alkanes of at least 4 members (excludes halogenated alkanes) is 3. The average molecular weight is 209 g/mol. The van der Waals surface area contributed by atoms with Gasteiger partial charge in [0.25, 0.3) is 6.26 Å². The first-order valence-electron chi connectivity index (χ1n) is 5.42. The van der Waals surface area contributed by atoms with Crippen LogP contribution in [0.25, 0.3) is 0 Å². The Morgan fingerprint density at radius 1 is 1.47 bits per heavy atom. The third-order valence-corrected chi connectivity index (χ3v) is 2.49. The van der Waals surface area contributed by atoms with E-state index in [2.05, 4.69) is 18.2 Å². The summed E-state index contributed by atoms with van der Waals surface area (Å²) in [5.74, 6) is -0.497. The minimum absolute atomic E-state index is 0.0997. The number of nitrogens with zero attached hydrogens (tertiary/aromatic N) is 1. The van der Waals surface area contributed by atoms with Gasteiger partial charge in [-0.3, -0.25) is 0 Å². The van der Waals surface area contributed by atoms with Gasteiger partial charge in [-0.25, -0.2) is 4.79 Å². The molecule has 0 N–H and O–H groups in total. The first-order chi connectivity index (χ1) is 7.13. The Morgan fingerprint density at radius 2 is 2.13 bits per heavy atom. The van der Waals surface area contributed by atoms with Gasteiger partial charge in [-0.15, -0.1) is 5.26 Å². The van der Waals surface area contributed by atoms with E-state index in [1.807, 2.05) is 6.92 Å². The molecule has 0 spiro atoms. The maximum atomic E-state index is 11.1. The average Bonchev–Trinajstić information content (AvgIpc) is 2.23. The molecule has 0 saturated heterocycles. The highest BCUT2D eigenvalue weighted by Crippen LogP contribution is 2.18. The zero-order valence-electron chi connectivity index (χ0n) is 9.58. The predicted octanol–water partition coefficient (Wildman–Crippen LogP) is 3.17. The lowest BCUT2D eigenvalue weighted by molar-refractivity contribution is -0.133. The van der Waals surface area contributed by atoms with Gasteiger partial charge in [0.1, 0.15) is 0 Å². The molecule has 0 amide bonds. The number of hydrogen-bond donors (Lipinski definition) is 0. The zero-order chi connectivity index (χ0) is 11.7. The molecule has 0 aromatic carbocycles. The molecule has 1 atom stereocenters. The summed E-state index contributed by atoms with van der Waals surface area (Å²) in [6.45, 7) is 7.74. The fraction of sp³-hybridized carbons (Fsp3) is 0.667. The lowest BCUT2D eigenvalue weighted by atomic mass is 9.96. The van der Waals surface area contributed by atoms with Gasteiger partial charge in [-0.1, -0.05) is 46.1 Å². The smallest absolute Gasteiger partial charge is 0.347 e. The molecule has 0 aliphatic carbocycles. The van der Waals surface area contributed by atoms with E-state index in [1.165, 1.54) is 25.5 Å². The highest BCUT2D eigenvalue weighted by molar-refractivity contribution is 5.88. The molecule has 0 saturated carbocycles. The highest BCUT2D eigenvalue weighted by atomic mass is 16.5. The summed E-state index contributed by atoms with van der Waals surface area (Å²) in [6, 6.07) is 0. The summed E-state index contributed by atoms with van der Waals surface area (Å²) in [7, 11) is 0. The topological polar surface area (TPSA) is 50.1 Å². The van der Waals surface area contributed by atoms with E-state index in [4.69, 9.17) is 5.26 Å². The Kier molecular flexibility index (Phi) is 7.35. The second kappa shape index (κ2) is 8.05. The molecule has 0 rings (SSSR count). The fourth-order valence-corrected chi connectivity index (χ4v) is 1.36. The van der Waals surface area contributed by atoms with Crippen LogP contribution >= 0.6 is 0 Å². The molecule has 0 aliphatic heterocycles. The van der Waals surface area contributed by atoms with Gasteiger partial charge < -0.3 is 4.74 Å². The van der Waals surface area contributed by atoms with Crippen molar-refractivity contribution in [3.8, 4) is 6.26 Å². The van der Waals surface area contributed by atoms with Crippen LogP contribution in [0, 0.1) is 17.4 Å². The summed E-state index contributed by atoms with van der Waals surface area (Å²) in [5.41, 5.74) is 0.396. The summed E-state index contributed by atoms with van der Waals surface area (Å²) < 4.78 is 4.22. The molecule has 3 nitrogen and oxygen atoms in total. The quantitative estimate of drug-likeness (QED) is 0.280. The third-order valence-electron chi connectivity index (χ3n) is 2.49. The minimum Gasteiger partial charge on any atom is -0.347 e. The van der Waals surface area contributed by atoms with Gasteiger partial charge in [0.05, 0.1) is 0 Å². The van der Waals surface area contributed by atoms with E-state index in [0.29, 0.717) is 5.57 Å². The summed E-state index contributed by atoms with van der Waals surface area (Å²) >= 11 is 0. The Morgan fingerprint density at radius 3 is 2.67 bits per heavy atom. The zero-order valence-corrected chi connectivity index (χ0v) is 9.58. The Labute approximate surface area is 91.7 Å². The molecule has 15 heavy (non-hydrogen) atoms. The Hall–Kier alpha value is -1.30. The fourth-order valence-electron chi connectivity index (χ4n) is 1.36. The monoisotopic (exact) mass is 209 g/mol. The van der Waals surface area contributed by atoms with Crippen molar-refractivity contribution in [2.45, 2.75) is 46.0 Å². The Bertz CT molecular complexity index is 253. The molecule has 84 valence electrons. The van der Waals surface area contributed by atoms with E-state index >= 15 is 0 Å². The molecule has 0 fully saturated rings. The van der Waals surface area contributed by atoms with Crippen LogP contribution in [0.4, 0.5) is 0 Å². The van der Waals surface area contributed by atoms with E-state index in [1.54, 1.807) is 0 Å². The van der Waals surface area contributed by atoms with Crippen molar-refractivity contribution < 1.29 is 9.53 Å². The molecule has 0 aromatic rings. The van der Waals surface area contributed by atoms with Crippen molar-refractivity contribution in [1.82, 2.24) is 0 Å². The molecule has 0 radical (unpaired) electrons. The van der Waals surface area contributed by atoms with Crippen molar-refractivity contribution >= 4 is 5.97 Å². The number of hydrogen-bond acceptors (Lipinski definition) is 3. The van der Waals surface area contributed by atoms with Gasteiger partial charge in [0.2, 0.25) is 0 Å². The molecule has 0 aliphatic rings. The standard InChI is InChI=1S/C12H19NO2/c1-4-5-6-7-8-10(2)11(3)12(14)15-9-13/h10H,3-8H2,1-2H3. The highest BCUT2D eigenvalue weighted by Gasteiger charge is 2.15. The van der Waals surface area contributed by atoms with Crippen LogP contribution in [0.1, 0.15) is 46.0 Å². The Balaban J connectivity index is 3.79. The molecule has 1 unspecified atom stereocenters. The van der Waals surface area contributed by atoms with Gasteiger partial charge >= 0.3 is 5.97 Å². The number of esters is 1. The minimum atomic E-state index is -0.597. The van der Waals surface area contributed by atoms with Crippen LogP contribution in [0.5, 0.6) is 0 Å². The van der Waals surface area contributed by atoms with Crippen molar-refractivity contribution in [2.24, 2.45) is 5.92 Å². The van der Waals surface area contributed by atoms with Crippen molar-refractivity contribution in [2.75, 3.05) is 0 Å². The SMILES string of the molecule is C=C(C(=O)OC#N)C(C)CCCCCC. The van der Waals surface area contributed by atoms with Crippen LogP contribution in [-0.2, 0) is 9.53 Å². The molecule has 0 heterocycles. The molecule has 0 bridgehead atoms. The normalized spacial score (nSPS) is 11.5. The number of rotatable bonds is 7. The second-order valence-corrected chi connectivity index (χ2v) is 3.76. The van der Waals surface area contributed by atoms with Crippen LogP contribution in [0.3, 0.4) is 0 Å². The maximum Gasteiger partial charge on any atom is 0.349 e. The summed E-state index contributed by atoms with van der Waals surface area (Å²) in [6.07, 6.45) is 7.00. The van der Waals surface area contributed by atoms with Crippen LogP contribution in [-0.4, -0.2) is 5.97 Å². The molecule has 3 heteroatoms. The van der Waals surface area contributed by atoms with Gasteiger partial charge in [0.15, 0.2) is 0 Å². The lowest BCUT2D eigenvalue weighted by Crippen LogP contribution is -2.11. The number of nitriles is 1. The summed E-state index contributed by atoms with van der Waals surface area (Å²) in [5, 5.41) is 8.18. The van der Waals surface area contributed by atoms with E-state index in [0.717, 1.165) is 12.8 Å². The molecule has 0 aromatic heterocycles. The number of ether oxygens (including phenoxy) is 1. The maximum absolute atomic E-state index is 11.1. The van der Waals surface area contributed by atoms with E-state index in [-0.39, 0.29) is 5.92 Å². The van der Waals surface area contributed by atoms with Gasteiger partial charge in [0, 0.05) is 5.57 Å². The van der Waals surface area contributed by atoms with E-state index in [9.17, 15) is 4.79 Å². The van der Waals surface area contributed by atoms with Gasteiger partial charge in [-0.05, 0) is 12.3 Å². The number of carbonyl (C=O) groups excluding carboxylic acids is 1. The predicted molar refractivity (Wildman–Crippen MR) is 58.8 cm³/mol. The number of carbonyl (C=O) groups is 1. The largest absolute Gasteiger partial charge is 0.349 e. The molecular formula is C12H19NO2. The first kappa shape index (κ1) is 13.7. The van der Waals surface area contributed by atoms with Crippen molar-refractivity contribution in [3.63, 3.8) is 0 Å². The molecular weight excluding hydrogens is 190 g/mol. The van der Waals surface area contributed by atoms with E-state index < -0.39 is 5.97 Å². The van der Waals surface area contributed by atoms with Crippen molar-refractivity contribution in [1.29, 1.82) is 5.26 Å². The van der Waals surface area contributed by atoms with Crippen LogP contribution in [0.15, 0.2) is 12.2 Å². The van der Waals surface area contributed by atoms with Crippen LogP contribution < -0.4 is 0 Å². The third kappa shape index (κ3) is 5.90. The van der Waals surface area contributed by atoms with Gasteiger partial charge in [-0.2, -0.15) is 0 Å².